The molecule has 0 aromatic carbocycles. The fourth-order valence-electron chi connectivity index (χ4n) is 5.47. The predicted octanol–water partition coefficient (Wildman–Crippen LogP) is 9.04. The van der Waals surface area contributed by atoms with E-state index < -0.39 is 8.53 Å². The molecule has 0 fully saturated rings. The Labute approximate surface area is 300 Å². The lowest BCUT2D eigenvalue weighted by atomic mass is 10.0. The van der Waals surface area contributed by atoms with Gasteiger partial charge in [-0.1, -0.05) is 90.0 Å². The summed E-state index contributed by atoms with van der Waals surface area (Å²) in [6.45, 7) is 16.4. The second kappa shape index (κ2) is 33.1. The first-order chi connectivity index (χ1) is 23.6. The van der Waals surface area contributed by atoms with Gasteiger partial charge in [0.05, 0.1) is 32.3 Å². The van der Waals surface area contributed by atoms with Crippen LogP contribution in [-0.2, 0) is 28.2 Å². The number of carbonyl (C=O) groups excluding carboxylic acids is 3. The Morgan fingerprint density at radius 3 is 1.69 bits per heavy atom. The molecule has 2 N–H and O–H groups in total. The van der Waals surface area contributed by atoms with E-state index >= 15 is 0 Å². The van der Waals surface area contributed by atoms with Crippen molar-refractivity contribution >= 4 is 26.3 Å². The van der Waals surface area contributed by atoms with Crippen molar-refractivity contribution in [1.82, 2.24) is 15.3 Å². The third kappa shape index (κ3) is 29.4. The maximum Gasteiger partial charge on any atom is 0.302 e. The molecule has 0 saturated heterocycles. The molecule has 10 nitrogen and oxygen atoms in total. The van der Waals surface area contributed by atoms with Gasteiger partial charge in [-0.05, 0) is 59.8 Å². The number of esters is 1. The van der Waals surface area contributed by atoms with Gasteiger partial charge >= 0.3 is 5.97 Å². The van der Waals surface area contributed by atoms with Crippen LogP contribution in [0.1, 0.15) is 163 Å². The van der Waals surface area contributed by atoms with Crippen molar-refractivity contribution in [3.63, 3.8) is 0 Å². The number of carbonyl (C=O) groups is 3. The smallest absolute Gasteiger partial charge is 0.302 e. The Balaban J connectivity index is 3.72. The van der Waals surface area contributed by atoms with Gasteiger partial charge in [0.1, 0.15) is 0 Å². The number of unbranched alkanes of at least 4 members (excludes halogenated alkanes) is 15. The van der Waals surface area contributed by atoms with Gasteiger partial charge in [-0.3, -0.25) is 14.4 Å². The largest absolute Gasteiger partial charge is 0.466 e. The highest BCUT2D eigenvalue weighted by Gasteiger charge is 2.26. The highest BCUT2D eigenvalue weighted by Crippen LogP contribution is 2.46. The molecule has 2 amide bonds. The molecular weight excluding hydrogens is 639 g/mol. The van der Waals surface area contributed by atoms with Crippen molar-refractivity contribution < 1.29 is 28.2 Å². The van der Waals surface area contributed by atoms with E-state index in [9.17, 15) is 14.4 Å². The van der Waals surface area contributed by atoms with Crippen LogP contribution >= 0.6 is 8.53 Å². The molecule has 0 heterocycles. The van der Waals surface area contributed by atoms with Crippen molar-refractivity contribution in [2.75, 3.05) is 32.9 Å². The first-order valence-corrected chi connectivity index (χ1v) is 20.3. The fourth-order valence-corrected chi connectivity index (χ4v) is 7.09. The van der Waals surface area contributed by atoms with Gasteiger partial charge < -0.3 is 24.4 Å². The molecule has 1 atom stereocenters. The van der Waals surface area contributed by atoms with E-state index in [1.54, 1.807) is 0 Å². The number of ether oxygens (including phenoxy) is 1. The Hall–Kier alpha value is -2.05. The van der Waals surface area contributed by atoms with Crippen LogP contribution in [0.2, 0.25) is 0 Å². The van der Waals surface area contributed by atoms with Crippen LogP contribution in [0.5, 0.6) is 0 Å². The topological polar surface area (TPSA) is 130 Å². The number of hydrogen-bond acceptors (Lipinski definition) is 8. The summed E-state index contributed by atoms with van der Waals surface area (Å²) in [4.78, 5) is 35.3. The van der Waals surface area contributed by atoms with E-state index in [1.165, 1.54) is 64.7 Å². The quantitative estimate of drug-likeness (QED) is 0.0293. The van der Waals surface area contributed by atoms with E-state index in [0.29, 0.717) is 57.7 Å². The zero-order valence-corrected chi connectivity index (χ0v) is 32.7. The van der Waals surface area contributed by atoms with Gasteiger partial charge in [-0.25, -0.2) is 4.67 Å². The van der Waals surface area contributed by atoms with Crippen molar-refractivity contribution in [3.8, 4) is 6.07 Å². The average molecular weight is 711 g/mol. The molecule has 1 unspecified atom stereocenters. The molecular formula is C38H71N4O6P. The lowest BCUT2D eigenvalue weighted by molar-refractivity contribution is -0.141. The van der Waals surface area contributed by atoms with Crippen LogP contribution in [0, 0.1) is 11.3 Å². The Kier molecular flexibility index (Phi) is 31.7. The summed E-state index contributed by atoms with van der Waals surface area (Å²) in [6, 6.07) is 2.70. The molecule has 284 valence electrons. The average Bonchev–Trinajstić information content (AvgIpc) is 3.04. The summed E-state index contributed by atoms with van der Waals surface area (Å²) in [5.41, 5.74) is 0.495. The number of rotatable bonds is 34. The predicted molar refractivity (Wildman–Crippen MR) is 201 cm³/mol. The molecule has 0 saturated carbocycles. The van der Waals surface area contributed by atoms with Gasteiger partial charge in [0.15, 0.2) is 0 Å². The number of nitrogens with zero attached hydrogens (tertiary/aromatic N) is 2. The normalized spacial score (nSPS) is 11.9. The van der Waals surface area contributed by atoms with E-state index in [-0.39, 0.29) is 29.9 Å². The van der Waals surface area contributed by atoms with Crippen LogP contribution in [0.4, 0.5) is 0 Å². The number of nitrogens with one attached hydrogen (secondary N) is 2. The molecule has 49 heavy (non-hydrogen) atoms. The minimum absolute atomic E-state index is 0.0472. The SMILES string of the molecule is C=C(CCNC(=O)CCCCCCCCCCCCCCCOC(C)=O)C(=O)NCCCCCCOP(OCCC#N)N(C(C)C)C(C)C. The number of nitriles is 1. The summed E-state index contributed by atoms with van der Waals surface area (Å²) in [5.74, 6) is -0.286. The van der Waals surface area contributed by atoms with Crippen LogP contribution in [0.15, 0.2) is 12.2 Å². The summed E-state index contributed by atoms with van der Waals surface area (Å²) in [5, 5.41) is 14.7. The van der Waals surface area contributed by atoms with Gasteiger partial charge in [-0.15, -0.1) is 0 Å². The standard InChI is InChI=1S/C38H71N4O6P/c1-33(2)42(34(3)4)49(48-32-24-27-39)47-31-23-19-17-21-28-41-38(45)35(5)26-29-40-37(44)25-20-16-14-12-10-8-7-9-11-13-15-18-22-30-46-36(6)43/h33-34H,5,7-26,28-32H2,1-4,6H3,(H,40,44)(H,41,45). The minimum Gasteiger partial charge on any atom is -0.466 e. The zero-order chi connectivity index (χ0) is 36.5. The number of hydrogen-bond donors (Lipinski definition) is 2. The lowest BCUT2D eigenvalue weighted by Gasteiger charge is -2.35. The molecule has 0 aromatic rings. The first kappa shape index (κ1) is 47.0. The summed E-state index contributed by atoms with van der Waals surface area (Å²) >= 11 is 0. The molecule has 0 radical (unpaired) electrons. The van der Waals surface area contributed by atoms with Crippen molar-refractivity contribution in [2.24, 2.45) is 0 Å². The number of amides is 2. The molecule has 0 rings (SSSR count). The summed E-state index contributed by atoms with van der Waals surface area (Å²) in [6.07, 6.45) is 20.6. The summed E-state index contributed by atoms with van der Waals surface area (Å²) < 4.78 is 19.2. The van der Waals surface area contributed by atoms with Crippen LogP contribution in [0.3, 0.4) is 0 Å². The van der Waals surface area contributed by atoms with Gasteiger partial charge in [0.25, 0.3) is 8.53 Å². The third-order valence-electron chi connectivity index (χ3n) is 8.14. The molecule has 11 heteroatoms. The maximum absolute atomic E-state index is 12.4. The monoisotopic (exact) mass is 711 g/mol. The maximum atomic E-state index is 12.4. The van der Waals surface area contributed by atoms with Crippen molar-refractivity contribution in [1.29, 1.82) is 5.26 Å². The van der Waals surface area contributed by atoms with Gasteiger partial charge in [0.2, 0.25) is 11.8 Å². The van der Waals surface area contributed by atoms with E-state index in [2.05, 4.69) is 55.6 Å². The van der Waals surface area contributed by atoms with Crippen molar-refractivity contribution in [3.05, 3.63) is 12.2 Å². The van der Waals surface area contributed by atoms with Gasteiger partial charge in [-0.2, -0.15) is 5.26 Å². The van der Waals surface area contributed by atoms with Crippen LogP contribution in [-0.4, -0.2) is 67.4 Å². The second-order valence-electron chi connectivity index (χ2n) is 13.4. The highest BCUT2D eigenvalue weighted by atomic mass is 31.2. The Bertz CT molecular complexity index is 903. The van der Waals surface area contributed by atoms with Crippen LogP contribution in [0.25, 0.3) is 0 Å². The van der Waals surface area contributed by atoms with Crippen LogP contribution < -0.4 is 10.6 Å². The van der Waals surface area contributed by atoms with Gasteiger partial charge in [0, 0.05) is 44.1 Å². The zero-order valence-electron chi connectivity index (χ0n) is 31.8. The Morgan fingerprint density at radius 2 is 1.16 bits per heavy atom. The molecule has 0 spiro atoms. The first-order valence-electron chi connectivity index (χ1n) is 19.2. The van der Waals surface area contributed by atoms with E-state index in [1.807, 2.05) is 0 Å². The molecule has 0 aliphatic heterocycles. The molecule has 0 aliphatic carbocycles. The Morgan fingerprint density at radius 1 is 0.673 bits per heavy atom. The second-order valence-corrected chi connectivity index (χ2v) is 14.9. The summed E-state index contributed by atoms with van der Waals surface area (Å²) in [7, 11) is -1.20. The third-order valence-corrected chi connectivity index (χ3v) is 10.3. The lowest BCUT2D eigenvalue weighted by Crippen LogP contribution is -2.33. The highest BCUT2D eigenvalue weighted by molar-refractivity contribution is 7.44. The minimum atomic E-state index is -1.20. The van der Waals surface area contributed by atoms with E-state index in [0.717, 1.165) is 51.4 Å². The molecule has 0 bridgehead atoms. The van der Waals surface area contributed by atoms with E-state index in [4.69, 9.17) is 19.0 Å². The molecule has 0 aromatic heterocycles. The fraction of sp³-hybridized carbons (Fsp3) is 0.842. The molecule has 0 aliphatic rings. The van der Waals surface area contributed by atoms with Crippen molar-refractivity contribution in [2.45, 2.75) is 175 Å².